The van der Waals surface area contributed by atoms with Crippen LogP contribution in [-0.2, 0) is 0 Å². The van der Waals surface area contributed by atoms with Gasteiger partial charge in [-0.15, -0.1) is 5.54 Å². The van der Waals surface area contributed by atoms with Crippen LogP contribution < -0.4 is 9.47 Å². The predicted octanol–water partition coefficient (Wildman–Crippen LogP) is 4.19. The Labute approximate surface area is 144 Å². The molecule has 0 spiro atoms. The van der Waals surface area contributed by atoms with Gasteiger partial charge < -0.3 is 9.47 Å². The number of methoxy groups -OCH3 is 1. The normalized spacial score (nSPS) is 10.5. The van der Waals surface area contributed by atoms with Crippen molar-refractivity contribution in [1.29, 1.82) is 0 Å². The lowest BCUT2D eigenvalue weighted by atomic mass is 10.1. The molecule has 0 saturated carbocycles. The van der Waals surface area contributed by atoms with Crippen LogP contribution in [0.15, 0.2) is 48.5 Å². The summed E-state index contributed by atoms with van der Waals surface area (Å²) in [6.45, 7) is 6.56. The third kappa shape index (κ3) is 5.29. The molecule has 124 valence electrons. The highest BCUT2D eigenvalue weighted by Gasteiger charge is 2.10. The van der Waals surface area contributed by atoms with Crippen LogP contribution in [0.4, 0.5) is 0 Å². The van der Waals surface area contributed by atoms with Gasteiger partial charge >= 0.3 is 0 Å². The van der Waals surface area contributed by atoms with E-state index >= 15 is 0 Å². The fourth-order valence-electron chi connectivity index (χ4n) is 1.95. The molecule has 0 heterocycles. The van der Waals surface area contributed by atoms with Crippen LogP contribution in [0, 0.1) is 11.5 Å². The van der Waals surface area contributed by atoms with Gasteiger partial charge in [0.05, 0.1) is 12.7 Å². The number of Topliss-reactive ketones (excluding diaryl/α,β-unsaturated/α-hetero) is 1. The van der Waals surface area contributed by atoms with E-state index in [1.165, 1.54) is 0 Å². The molecule has 2 rings (SSSR count). The average Bonchev–Trinajstić information content (AvgIpc) is 2.58. The van der Waals surface area contributed by atoms with Crippen molar-refractivity contribution in [2.45, 2.75) is 19.6 Å². The van der Waals surface area contributed by atoms with Gasteiger partial charge in [-0.25, -0.2) is 0 Å². The van der Waals surface area contributed by atoms with Gasteiger partial charge in [0, 0.05) is 5.56 Å². The highest BCUT2D eigenvalue weighted by molar-refractivity contribution is 6.83. The third-order valence-corrected chi connectivity index (χ3v) is 4.10. The van der Waals surface area contributed by atoms with Crippen molar-refractivity contribution in [2.24, 2.45) is 0 Å². The third-order valence-electron chi connectivity index (χ3n) is 3.23. The molecule has 0 amide bonds. The van der Waals surface area contributed by atoms with Gasteiger partial charge in [-0.3, -0.25) is 4.79 Å². The van der Waals surface area contributed by atoms with Crippen LogP contribution in [0.1, 0.15) is 15.9 Å². The Balaban J connectivity index is 2.08. The number of carbonyl (C=O) groups excluding carboxylic acids is 1. The number of ether oxygens (including phenoxy) is 2. The minimum atomic E-state index is -1.46. The second-order valence-corrected chi connectivity index (χ2v) is 11.2. The lowest BCUT2D eigenvalue weighted by Crippen LogP contribution is -2.16. The molecule has 0 atom stereocenters. The molecule has 0 fully saturated rings. The largest absolute Gasteiger partial charge is 0.497 e. The lowest BCUT2D eigenvalue weighted by molar-refractivity contribution is 0.0921. The average molecular weight is 338 g/mol. The molecule has 0 aromatic heterocycles. The molecule has 2 aromatic rings. The quantitative estimate of drug-likeness (QED) is 0.466. The van der Waals surface area contributed by atoms with Crippen LogP contribution >= 0.6 is 0 Å². The van der Waals surface area contributed by atoms with E-state index in [9.17, 15) is 4.79 Å². The van der Waals surface area contributed by atoms with Crippen molar-refractivity contribution in [2.75, 3.05) is 13.7 Å². The Bertz CT molecular complexity index is 762. The summed E-state index contributed by atoms with van der Waals surface area (Å²) in [7, 11) is 0.131. The van der Waals surface area contributed by atoms with Crippen LogP contribution in [0.2, 0.25) is 19.6 Å². The maximum Gasteiger partial charge on any atom is 0.200 e. The zero-order valence-electron chi connectivity index (χ0n) is 14.6. The smallest absolute Gasteiger partial charge is 0.200 e. The summed E-state index contributed by atoms with van der Waals surface area (Å²) in [5.74, 6) is 4.48. The van der Waals surface area contributed by atoms with Gasteiger partial charge in [-0.2, -0.15) is 0 Å². The van der Waals surface area contributed by atoms with E-state index in [0.29, 0.717) is 11.3 Å². The fraction of sp³-hybridized carbons (Fsp3) is 0.250. The topological polar surface area (TPSA) is 35.5 Å². The number of rotatable bonds is 5. The summed E-state index contributed by atoms with van der Waals surface area (Å²) in [6, 6.07) is 14.6. The van der Waals surface area contributed by atoms with Crippen LogP contribution in [0.25, 0.3) is 0 Å². The van der Waals surface area contributed by atoms with E-state index in [1.807, 2.05) is 24.3 Å². The van der Waals surface area contributed by atoms with Crippen molar-refractivity contribution in [3.05, 3.63) is 59.7 Å². The summed E-state index contributed by atoms with van der Waals surface area (Å²) in [6.07, 6.45) is 0. The minimum Gasteiger partial charge on any atom is -0.497 e. The molecule has 0 radical (unpaired) electrons. The first-order valence-electron chi connectivity index (χ1n) is 7.81. The van der Waals surface area contributed by atoms with Crippen LogP contribution in [0.3, 0.4) is 0 Å². The highest BCUT2D eigenvalue weighted by Crippen LogP contribution is 2.18. The Morgan fingerprint density at radius 2 is 1.71 bits per heavy atom. The Hall–Kier alpha value is -2.51. The molecule has 2 aromatic carbocycles. The maximum atomic E-state index is 12.3. The summed E-state index contributed by atoms with van der Waals surface area (Å²) in [5.41, 5.74) is 4.74. The number of para-hydroxylation sites is 1. The Kier molecular flexibility index (Phi) is 5.83. The zero-order chi connectivity index (χ0) is 17.6. The molecule has 0 unspecified atom stereocenters. The van der Waals surface area contributed by atoms with Crippen molar-refractivity contribution < 1.29 is 14.3 Å². The van der Waals surface area contributed by atoms with Crippen molar-refractivity contribution in [3.8, 4) is 23.0 Å². The van der Waals surface area contributed by atoms with E-state index < -0.39 is 8.07 Å². The number of benzene rings is 2. The summed E-state index contributed by atoms with van der Waals surface area (Å²) in [5, 5.41) is 0. The summed E-state index contributed by atoms with van der Waals surface area (Å²) < 4.78 is 10.8. The van der Waals surface area contributed by atoms with E-state index in [2.05, 4.69) is 31.1 Å². The molecule has 0 aliphatic rings. The molecular weight excluding hydrogens is 316 g/mol. The monoisotopic (exact) mass is 338 g/mol. The van der Waals surface area contributed by atoms with E-state index in [-0.39, 0.29) is 12.4 Å². The first-order valence-corrected chi connectivity index (χ1v) is 11.3. The van der Waals surface area contributed by atoms with Gasteiger partial charge in [-0.05, 0) is 36.4 Å². The standard InChI is InChI=1S/C20H22O3Si/c1-22-18-11-9-16(10-12-18)19(21)15-23-20-8-6-5-7-17(20)13-14-24(2,3)4/h5-12H,15H2,1-4H3. The second-order valence-electron chi connectivity index (χ2n) is 6.44. The lowest BCUT2D eigenvalue weighted by Gasteiger charge is -2.09. The van der Waals surface area contributed by atoms with E-state index in [4.69, 9.17) is 9.47 Å². The molecule has 24 heavy (non-hydrogen) atoms. The number of hydrogen-bond acceptors (Lipinski definition) is 3. The van der Waals surface area contributed by atoms with Crippen molar-refractivity contribution >= 4 is 13.9 Å². The van der Waals surface area contributed by atoms with Crippen LogP contribution in [-0.4, -0.2) is 27.6 Å². The fourth-order valence-corrected chi connectivity index (χ4v) is 2.46. The number of carbonyl (C=O) groups is 1. The van der Waals surface area contributed by atoms with Gasteiger partial charge in [0.25, 0.3) is 0 Å². The van der Waals surface area contributed by atoms with Gasteiger partial charge in [0.1, 0.15) is 19.6 Å². The SMILES string of the molecule is COc1ccc(C(=O)COc2ccccc2C#C[Si](C)(C)C)cc1. The maximum absolute atomic E-state index is 12.3. The van der Waals surface area contributed by atoms with Gasteiger partial charge in [0.15, 0.2) is 12.4 Å². The second kappa shape index (κ2) is 7.85. The number of hydrogen-bond donors (Lipinski definition) is 0. The Morgan fingerprint density at radius 1 is 1.04 bits per heavy atom. The van der Waals surface area contributed by atoms with Crippen molar-refractivity contribution in [3.63, 3.8) is 0 Å². The summed E-state index contributed by atoms with van der Waals surface area (Å²) >= 11 is 0. The summed E-state index contributed by atoms with van der Waals surface area (Å²) in [4.78, 5) is 12.3. The first-order chi connectivity index (χ1) is 11.4. The molecule has 0 aliphatic heterocycles. The van der Waals surface area contributed by atoms with E-state index in [1.54, 1.807) is 31.4 Å². The first kappa shape index (κ1) is 17.8. The molecular formula is C20H22O3Si. The number of ketones is 1. The molecule has 0 bridgehead atoms. The Morgan fingerprint density at radius 3 is 2.33 bits per heavy atom. The van der Waals surface area contributed by atoms with Gasteiger partial charge in [0.2, 0.25) is 0 Å². The predicted molar refractivity (Wildman–Crippen MR) is 99.5 cm³/mol. The zero-order valence-corrected chi connectivity index (χ0v) is 15.6. The molecule has 4 heteroatoms. The van der Waals surface area contributed by atoms with Crippen molar-refractivity contribution in [1.82, 2.24) is 0 Å². The molecule has 0 aliphatic carbocycles. The van der Waals surface area contributed by atoms with E-state index in [0.717, 1.165) is 11.3 Å². The molecule has 3 nitrogen and oxygen atoms in total. The minimum absolute atomic E-state index is 0.0159. The van der Waals surface area contributed by atoms with Crippen LogP contribution in [0.5, 0.6) is 11.5 Å². The molecule has 0 saturated heterocycles. The highest BCUT2D eigenvalue weighted by atomic mass is 28.3. The van der Waals surface area contributed by atoms with Gasteiger partial charge in [-0.1, -0.05) is 37.7 Å². The molecule has 0 N–H and O–H groups in total.